The van der Waals surface area contributed by atoms with Gasteiger partial charge >= 0.3 is 0 Å². The van der Waals surface area contributed by atoms with Crippen LogP contribution < -0.4 is 0 Å². The van der Waals surface area contributed by atoms with Gasteiger partial charge in [-0.15, -0.1) is 0 Å². The topological polar surface area (TPSA) is 62.5 Å². The molecule has 0 aliphatic carbocycles. The lowest BCUT2D eigenvalue weighted by Crippen LogP contribution is -2.05. The van der Waals surface area contributed by atoms with Gasteiger partial charge in [0, 0.05) is 32.8 Å². The number of nitriles is 1. The fourth-order valence-corrected chi connectivity index (χ4v) is 7.17. The molecule has 9 aromatic rings. The maximum atomic E-state index is 15.8. The number of hydrogen-bond donors (Lipinski definition) is 0. The molecule has 4 nitrogen and oxygen atoms in total. The second-order valence-electron chi connectivity index (χ2n) is 12.7. The van der Waals surface area contributed by atoms with Gasteiger partial charge in [0.1, 0.15) is 11.6 Å². The average molecular weight is 709 g/mol. The Morgan fingerprint density at radius 2 is 0.926 bits per heavy atom. The molecule has 54 heavy (non-hydrogen) atoms. The van der Waals surface area contributed by atoms with Crippen LogP contribution in [0.4, 0.5) is 17.6 Å². The minimum absolute atomic E-state index is 0.158. The van der Waals surface area contributed by atoms with Gasteiger partial charge in [0.05, 0.1) is 39.2 Å². The maximum Gasteiger partial charge on any atom is 0.180 e. The maximum absolute atomic E-state index is 15.8. The average Bonchev–Trinajstić information content (AvgIpc) is 3.23. The third kappa shape index (κ3) is 5.17. The summed E-state index contributed by atoms with van der Waals surface area (Å²) in [5, 5.41) is 11.4. The van der Waals surface area contributed by atoms with Crippen molar-refractivity contribution in [1.29, 1.82) is 5.26 Å². The molecule has 0 bridgehead atoms. The summed E-state index contributed by atoms with van der Waals surface area (Å²) in [6, 6.07) is 46.1. The van der Waals surface area contributed by atoms with Crippen molar-refractivity contribution in [2.45, 2.75) is 0 Å². The highest BCUT2D eigenvalue weighted by Gasteiger charge is 2.29. The van der Waals surface area contributed by atoms with Crippen molar-refractivity contribution in [2.24, 2.45) is 0 Å². The number of nitrogens with zero attached hydrogens (tertiary/aromatic N) is 4. The summed E-state index contributed by atoms with van der Waals surface area (Å²) < 4.78 is 62.1. The van der Waals surface area contributed by atoms with E-state index in [4.69, 9.17) is 15.0 Å². The summed E-state index contributed by atoms with van der Waals surface area (Å²) in [6.07, 6.45) is 0. The number of pyridine rings is 1. The lowest BCUT2D eigenvalue weighted by Gasteiger charge is -2.19. The highest BCUT2D eigenvalue weighted by molar-refractivity contribution is 6.25. The lowest BCUT2D eigenvalue weighted by molar-refractivity contribution is 0.454. The SMILES string of the molecule is N#Cc1c(F)c(F)c(-c2ccccc2-c2nc3ccccc3c3c(-c4ccccc4)cc4nc(-c5ccccc5)c(-c5ccccc5)nc4c23)c(F)c1F. The van der Waals surface area contributed by atoms with E-state index in [1.807, 2.05) is 121 Å². The van der Waals surface area contributed by atoms with Crippen LogP contribution in [-0.4, -0.2) is 15.0 Å². The van der Waals surface area contributed by atoms with E-state index in [1.165, 1.54) is 18.2 Å². The molecule has 0 atom stereocenters. The fraction of sp³-hybridized carbons (Fsp3) is 0. The van der Waals surface area contributed by atoms with Gasteiger partial charge in [-0.05, 0) is 28.8 Å². The zero-order chi connectivity index (χ0) is 36.9. The predicted molar refractivity (Wildman–Crippen MR) is 204 cm³/mol. The molecule has 256 valence electrons. The van der Waals surface area contributed by atoms with E-state index < -0.39 is 34.4 Å². The van der Waals surface area contributed by atoms with Gasteiger partial charge in [0.2, 0.25) is 0 Å². The minimum Gasteiger partial charge on any atom is -0.247 e. The van der Waals surface area contributed by atoms with Crippen molar-refractivity contribution in [3.05, 3.63) is 174 Å². The van der Waals surface area contributed by atoms with E-state index in [0.29, 0.717) is 33.3 Å². The van der Waals surface area contributed by atoms with Gasteiger partial charge in [-0.2, -0.15) is 5.26 Å². The Bertz CT molecular complexity index is 2950. The molecule has 0 radical (unpaired) electrons. The summed E-state index contributed by atoms with van der Waals surface area (Å²) in [4.78, 5) is 15.8. The number of benzene rings is 7. The van der Waals surface area contributed by atoms with E-state index in [-0.39, 0.29) is 16.8 Å². The van der Waals surface area contributed by atoms with Gasteiger partial charge in [-0.3, -0.25) is 0 Å². The van der Waals surface area contributed by atoms with Crippen LogP contribution in [0, 0.1) is 34.6 Å². The minimum atomic E-state index is -1.78. The molecule has 0 fully saturated rings. The molecule has 7 aromatic carbocycles. The molecule has 2 aromatic heterocycles. The van der Waals surface area contributed by atoms with Gasteiger partial charge in [0.15, 0.2) is 23.3 Å². The molecule has 0 N–H and O–H groups in total. The molecule has 0 unspecified atom stereocenters. The van der Waals surface area contributed by atoms with E-state index in [0.717, 1.165) is 33.0 Å². The molecule has 0 spiro atoms. The Labute approximate surface area is 306 Å². The van der Waals surface area contributed by atoms with Crippen molar-refractivity contribution in [2.75, 3.05) is 0 Å². The van der Waals surface area contributed by atoms with Crippen molar-refractivity contribution >= 4 is 32.7 Å². The summed E-state index contributed by atoms with van der Waals surface area (Å²) >= 11 is 0. The van der Waals surface area contributed by atoms with Gasteiger partial charge in [-0.25, -0.2) is 32.5 Å². The number of rotatable bonds is 5. The molecule has 2 heterocycles. The van der Waals surface area contributed by atoms with Crippen LogP contribution in [0.2, 0.25) is 0 Å². The number of fused-ring (bicyclic) bond motifs is 5. The predicted octanol–water partition coefficient (Wildman–Crippen LogP) is 12.1. The molecule has 0 amide bonds. The number of para-hydroxylation sites is 1. The summed E-state index contributed by atoms with van der Waals surface area (Å²) in [5.41, 5.74) is 4.18. The second-order valence-corrected chi connectivity index (χ2v) is 12.7. The first-order valence-electron chi connectivity index (χ1n) is 17.0. The highest BCUT2D eigenvalue weighted by Crippen LogP contribution is 2.46. The smallest absolute Gasteiger partial charge is 0.180 e. The van der Waals surface area contributed by atoms with Crippen molar-refractivity contribution < 1.29 is 17.6 Å². The molecule has 0 aliphatic rings. The largest absolute Gasteiger partial charge is 0.247 e. The third-order valence-corrected chi connectivity index (χ3v) is 9.61. The summed E-state index contributed by atoms with van der Waals surface area (Å²) in [6.45, 7) is 0. The first-order chi connectivity index (χ1) is 26.4. The lowest BCUT2D eigenvalue weighted by atomic mass is 9.88. The quantitative estimate of drug-likeness (QED) is 0.101. The van der Waals surface area contributed by atoms with Crippen LogP contribution in [0.25, 0.3) is 88.7 Å². The normalized spacial score (nSPS) is 11.3. The molecule has 0 aliphatic heterocycles. The third-order valence-electron chi connectivity index (χ3n) is 9.61. The first-order valence-corrected chi connectivity index (χ1v) is 17.0. The molecule has 0 saturated heterocycles. The van der Waals surface area contributed by atoms with Crippen LogP contribution >= 0.6 is 0 Å². The van der Waals surface area contributed by atoms with Crippen LogP contribution in [0.5, 0.6) is 0 Å². The fourth-order valence-electron chi connectivity index (χ4n) is 7.17. The molecule has 8 heteroatoms. The summed E-state index contributed by atoms with van der Waals surface area (Å²) in [5.74, 6) is -6.92. The summed E-state index contributed by atoms with van der Waals surface area (Å²) in [7, 11) is 0. The van der Waals surface area contributed by atoms with Crippen molar-refractivity contribution in [3.63, 3.8) is 0 Å². The van der Waals surface area contributed by atoms with Crippen LogP contribution in [0.3, 0.4) is 0 Å². The van der Waals surface area contributed by atoms with E-state index in [2.05, 4.69) is 0 Å². The number of hydrogen-bond acceptors (Lipinski definition) is 4. The molecule has 0 saturated carbocycles. The molecule has 9 rings (SSSR count). The van der Waals surface area contributed by atoms with Gasteiger partial charge in [0.25, 0.3) is 0 Å². The van der Waals surface area contributed by atoms with Crippen molar-refractivity contribution in [3.8, 4) is 62.1 Å². The zero-order valence-electron chi connectivity index (χ0n) is 28.2. The molecular weight excluding hydrogens is 685 g/mol. The Balaban J connectivity index is 1.50. The highest BCUT2D eigenvalue weighted by atomic mass is 19.2. The zero-order valence-corrected chi connectivity index (χ0v) is 28.2. The standard InChI is InChI=1S/C46H24F4N4/c47-39-33(25-51)40(48)42(50)37(41(39)49)29-20-10-11-21-30(29)45-38-36(31-22-12-13-23-34(31)52-45)32(26-14-4-1-5-15-26)24-35-46(38)54-44(28-18-8-3-9-19-28)43(53-35)27-16-6-2-7-17-27/h1-24H. The Hall–Kier alpha value is -7.24. The second kappa shape index (κ2) is 13.1. The van der Waals surface area contributed by atoms with Gasteiger partial charge < -0.3 is 0 Å². The first kappa shape index (κ1) is 32.7. The van der Waals surface area contributed by atoms with Crippen LogP contribution in [0.15, 0.2) is 146 Å². The van der Waals surface area contributed by atoms with Gasteiger partial charge in [-0.1, -0.05) is 133 Å². The Morgan fingerprint density at radius 1 is 0.426 bits per heavy atom. The van der Waals surface area contributed by atoms with Crippen LogP contribution in [0.1, 0.15) is 5.56 Å². The van der Waals surface area contributed by atoms with E-state index in [9.17, 15) is 5.26 Å². The number of aromatic nitrogens is 3. The number of halogens is 4. The van der Waals surface area contributed by atoms with E-state index >= 15 is 17.6 Å². The monoisotopic (exact) mass is 708 g/mol. The van der Waals surface area contributed by atoms with Crippen LogP contribution in [-0.2, 0) is 0 Å². The Kier molecular flexibility index (Phi) is 7.90. The Morgan fingerprint density at radius 3 is 1.54 bits per heavy atom. The molecular formula is C46H24F4N4. The van der Waals surface area contributed by atoms with Crippen molar-refractivity contribution in [1.82, 2.24) is 15.0 Å². The van der Waals surface area contributed by atoms with E-state index in [1.54, 1.807) is 12.1 Å².